The quantitative estimate of drug-likeness (QED) is 0.119. The van der Waals surface area contributed by atoms with Gasteiger partial charge in [0.1, 0.15) is 23.5 Å². The first-order valence-corrected chi connectivity index (χ1v) is 12.9. The molecular formula is C30H33FN6O3. The molecule has 208 valence electrons. The molecule has 4 aromatic rings. The molecule has 10 heteroatoms. The maximum atomic E-state index is 16.0. The number of rotatable bonds is 11. The van der Waals surface area contributed by atoms with Crippen molar-refractivity contribution in [1.29, 1.82) is 5.41 Å². The van der Waals surface area contributed by atoms with Crippen molar-refractivity contribution in [2.75, 3.05) is 17.2 Å². The third-order valence-corrected chi connectivity index (χ3v) is 5.92. The van der Waals surface area contributed by atoms with Crippen LogP contribution in [-0.2, 0) is 4.79 Å². The molecule has 0 saturated carbocycles. The number of nitrogen functional groups attached to an aromatic ring is 1. The lowest BCUT2D eigenvalue weighted by Crippen LogP contribution is -2.18. The highest BCUT2D eigenvalue weighted by Gasteiger charge is 2.26. The largest absolute Gasteiger partial charge is 0.494 e. The van der Waals surface area contributed by atoms with E-state index in [0.29, 0.717) is 40.8 Å². The molecule has 0 aliphatic rings. The monoisotopic (exact) mass is 544 g/mol. The number of ether oxygens (including phenoxy) is 2. The number of aromatic amines is 1. The number of imidazole rings is 1. The van der Waals surface area contributed by atoms with Gasteiger partial charge in [0.15, 0.2) is 11.6 Å². The Labute approximate surface area is 232 Å². The summed E-state index contributed by atoms with van der Waals surface area (Å²) in [6.45, 7) is 7.36. The van der Waals surface area contributed by atoms with Crippen molar-refractivity contribution in [3.05, 3.63) is 89.6 Å². The minimum Gasteiger partial charge on any atom is -0.494 e. The van der Waals surface area contributed by atoms with Crippen LogP contribution >= 0.6 is 0 Å². The summed E-state index contributed by atoms with van der Waals surface area (Å²) in [5.41, 5.74) is 9.35. The van der Waals surface area contributed by atoms with Crippen LogP contribution in [0.2, 0.25) is 0 Å². The highest BCUT2D eigenvalue weighted by Crippen LogP contribution is 2.36. The minimum atomic E-state index is -0.759. The van der Waals surface area contributed by atoms with Gasteiger partial charge in [0, 0.05) is 35.5 Å². The number of hydrogen-bond acceptors (Lipinski definition) is 6. The number of amides is 1. The zero-order valence-corrected chi connectivity index (χ0v) is 22.8. The average Bonchev–Trinajstić information content (AvgIpc) is 3.39. The van der Waals surface area contributed by atoms with Gasteiger partial charge in [-0.25, -0.2) is 9.37 Å². The maximum absolute atomic E-state index is 16.0. The number of halogens is 1. The Morgan fingerprint density at radius 1 is 1.10 bits per heavy atom. The molecule has 0 bridgehead atoms. The van der Waals surface area contributed by atoms with E-state index in [2.05, 4.69) is 20.6 Å². The Hall–Kier alpha value is -4.86. The van der Waals surface area contributed by atoms with Crippen LogP contribution in [0.15, 0.2) is 66.9 Å². The van der Waals surface area contributed by atoms with Crippen LogP contribution in [-0.4, -0.2) is 34.4 Å². The van der Waals surface area contributed by atoms with Crippen molar-refractivity contribution >= 4 is 23.1 Å². The molecular weight excluding hydrogens is 511 g/mol. The summed E-state index contributed by atoms with van der Waals surface area (Å²) in [6.07, 6.45) is 1.42. The molecule has 40 heavy (non-hydrogen) atoms. The highest BCUT2D eigenvalue weighted by molar-refractivity contribution is 5.95. The second kappa shape index (κ2) is 12.3. The number of carbonyl (C=O) groups is 1. The smallest absolute Gasteiger partial charge is 0.221 e. The molecule has 9 nitrogen and oxygen atoms in total. The minimum absolute atomic E-state index is 0.0470. The number of benzene rings is 3. The van der Waals surface area contributed by atoms with Crippen molar-refractivity contribution in [2.45, 2.75) is 39.8 Å². The van der Waals surface area contributed by atoms with Crippen LogP contribution in [0.5, 0.6) is 11.5 Å². The fourth-order valence-corrected chi connectivity index (χ4v) is 4.17. The van der Waals surface area contributed by atoms with E-state index in [1.165, 1.54) is 6.92 Å². The van der Waals surface area contributed by atoms with Gasteiger partial charge in [-0.05, 0) is 68.8 Å². The Bertz CT molecular complexity index is 1480. The number of H-pyrrole nitrogens is 1. The first-order chi connectivity index (χ1) is 19.1. The van der Waals surface area contributed by atoms with E-state index in [4.69, 9.17) is 20.6 Å². The van der Waals surface area contributed by atoms with E-state index >= 15 is 4.39 Å². The molecule has 0 aliphatic carbocycles. The van der Waals surface area contributed by atoms with Crippen molar-refractivity contribution < 1.29 is 18.7 Å². The summed E-state index contributed by atoms with van der Waals surface area (Å²) in [7, 11) is 0. The Morgan fingerprint density at radius 3 is 2.38 bits per heavy atom. The van der Waals surface area contributed by atoms with E-state index in [9.17, 15) is 4.79 Å². The van der Waals surface area contributed by atoms with Gasteiger partial charge in [-0.1, -0.05) is 12.1 Å². The van der Waals surface area contributed by atoms with Crippen LogP contribution in [0.1, 0.15) is 50.7 Å². The first-order valence-electron chi connectivity index (χ1n) is 12.9. The molecule has 3 aromatic carbocycles. The van der Waals surface area contributed by atoms with Gasteiger partial charge in [0.05, 0.1) is 24.6 Å². The summed E-state index contributed by atoms with van der Waals surface area (Å²) in [5, 5.41) is 13.8. The molecule has 0 radical (unpaired) electrons. The van der Waals surface area contributed by atoms with Crippen LogP contribution in [0.25, 0.3) is 11.3 Å². The van der Waals surface area contributed by atoms with Gasteiger partial charge in [0.2, 0.25) is 5.91 Å². The summed E-state index contributed by atoms with van der Waals surface area (Å²) >= 11 is 0. The third kappa shape index (κ3) is 6.76. The molecule has 1 heterocycles. The average molecular weight is 545 g/mol. The van der Waals surface area contributed by atoms with Gasteiger partial charge in [0.25, 0.3) is 0 Å². The molecule has 4 rings (SSSR count). The van der Waals surface area contributed by atoms with Crippen molar-refractivity contribution in [1.82, 2.24) is 9.97 Å². The number of nitrogens with one attached hydrogen (secondary N) is 4. The standard InChI is InChI=1S/C30H33FN6O3/c1-5-39-23-14-24(27(31)26(15-23)40-17(2)3)28(36-22-12-8-20(9-13-22)29(32)33)30-34-16-25(37-30)19-6-10-21(11-7-19)35-18(4)38/h6-17,28,36H,5H2,1-4H3,(H3,32,33)(H,34,37)(H,35,38). The second-order valence-electron chi connectivity index (χ2n) is 9.43. The lowest BCUT2D eigenvalue weighted by atomic mass is 10.0. The van der Waals surface area contributed by atoms with Gasteiger partial charge >= 0.3 is 0 Å². The second-order valence-corrected chi connectivity index (χ2v) is 9.43. The molecule has 1 amide bonds. The lowest BCUT2D eigenvalue weighted by molar-refractivity contribution is -0.114. The summed E-state index contributed by atoms with van der Waals surface area (Å²) in [4.78, 5) is 19.3. The maximum Gasteiger partial charge on any atom is 0.221 e. The molecule has 1 unspecified atom stereocenters. The molecule has 1 atom stereocenters. The zero-order chi connectivity index (χ0) is 28.8. The molecule has 6 N–H and O–H groups in total. The van der Waals surface area contributed by atoms with Gasteiger partial charge < -0.3 is 30.8 Å². The number of nitrogens with two attached hydrogens (primary N) is 1. The van der Waals surface area contributed by atoms with Gasteiger partial charge in [-0.15, -0.1) is 0 Å². The predicted molar refractivity (Wildman–Crippen MR) is 155 cm³/mol. The van der Waals surface area contributed by atoms with E-state index in [1.54, 1.807) is 54.7 Å². The third-order valence-electron chi connectivity index (χ3n) is 5.92. The number of carbonyl (C=O) groups excluding carboxylic acids is 1. The lowest BCUT2D eigenvalue weighted by Gasteiger charge is -2.22. The Balaban J connectivity index is 1.77. The SMILES string of the molecule is CCOc1cc(OC(C)C)c(F)c(C(Nc2ccc(C(=N)N)cc2)c2ncc(-c3ccc(NC(C)=O)cc3)[nH]2)c1. The fraction of sp³-hybridized carbons (Fsp3) is 0.233. The van der Waals surface area contributed by atoms with Crippen LogP contribution in [0.3, 0.4) is 0 Å². The van der Waals surface area contributed by atoms with Gasteiger partial charge in [-0.3, -0.25) is 10.2 Å². The number of amidine groups is 1. The topological polar surface area (TPSA) is 138 Å². The van der Waals surface area contributed by atoms with Crippen molar-refractivity contribution in [2.24, 2.45) is 5.73 Å². The van der Waals surface area contributed by atoms with Crippen LogP contribution in [0, 0.1) is 11.2 Å². The summed E-state index contributed by atoms with van der Waals surface area (Å²) in [6, 6.07) is 16.7. The Kier molecular flexibility index (Phi) is 8.68. The molecule has 0 spiro atoms. The van der Waals surface area contributed by atoms with Crippen molar-refractivity contribution in [3.8, 4) is 22.8 Å². The Morgan fingerprint density at radius 2 is 1.77 bits per heavy atom. The normalized spacial score (nSPS) is 11.7. The molecule has 0 fully saturated rings. The van der Waals surface area contributed by atoms with Crippen LogP contribution < -0.4 is 25.8 Å². The van der Waals surface area contributed by atoms with E-state index in [0.717, 1.165) is 5.56 Å². The predicted octanol–water partition coefficient (Wildman–Crippen LogP) is 5.85. The number of anilines is 2. The zero-order valence-electron chi connectivity index (χ0n) is 22.8. The number of aromatic nitrogens is 2. The van der Waals surface area contributed by atoms with Crippen molar-refractivity contribution in [3.63, 3.8) is 0 Å². The molecule has 1 aromatic heterocycles. The van der Waals surface area contributed by atoms with Crippen LogP contribution in [0.4, 0.5) is 15.8 Å². The number of nitrogens with zero attached hydrogens (tertiary/aromatic N) is 1. The summed E-state index contributed by atoms with van der Waals surface area (Å²) in [5.74, 6) is 0.268. The first kappa shape index (κ1) is 28.2. The van der Waals surface area contributed by atoms with E-state index in [-0.39, 0.29) is 29.2 Å². The summed E-state index contributed by atoms with van der Waals surface area (Å²) < 4.78 is 27.5. The number of hydrogen-bond donors (Lipinski definition) is 5. The van der Waals surface area contributed by atoms with E-state index < -0.39 is 11.9 Å². The molecule has 0 saturated heterocycles. The van der Waals surface area contributed by atoms with Gasteiger partial charge in [-0.2, -0.15) is 0 Å². The highest BCUT2D eigenvalue weighted by atomic mass is 19.1. The van der Waals surface area contributed by atoms with E-state index in [1.807, 2.05) is 32.9 Å². The molecule has 0 aliphatic heterocycles. The fourth-order valence-electron chi connectivity index (χ4n) is 4.17.